The topological polar surface area (TPSA) is 59.2 Å². The zero-order chi connectivity index (χ0) is 14.7. The first-order valence-corrected chi connectivity index (χ1v) is 8.30. The van der Waals surface area contributed by atoms with Gasteiger partial charge < -0.3 is 9.32 Å². The molecule has 2 aromatic heterocycles. The second-order valence-corrected chi connectivity index (χ2v) is 5.92. The van der Waals surface area contributed by atoms with Gasteiger partial charge in [0.2, 0.25) is 0 Å². The maximum absolute atomic E-state index is 12.7. The van der Waals surface area contributed by atoms with Crippen LogP contribution in [0.3, 0.4) is 0 Å². The highest BCUT2D eigenvalue weighted by Gasteiger charge is 2.30. The number of aromatic nitrogens is 2. The number of amides is 1. The number of furan rings is 1. The highest BCUT2D eigenvalue weighted by molar-refractivity contribution is 7.03. The number of nitrogens with zero attached hydrogens (tertiary/aromatic N) is 3. The summed E-state index contributed by atoms with van der Waals surface area (Å²) < 4.78 is 9.70. The van der Waals surface area contributed by atoms with E-state index >= 15 is 0 Å². The van der Waals surface area contributed by atoms with Crippen LogP contribution in [0, 0.1) is 0 Å². The molecule has 0 bridgehead atoms. The van der Waals surface area contributed by atoms with E-state index in [0.717, 1.165) is 50.2 Å². The Morgan fingerprint density at radius 3 is 3.05 bits per heavy atom. The molecule has 1 amide bonds. The van der Waals surface area contributed by atoms with Crippen LogP contribution in [0.2, 0.25) is 0 Å². The van der Waals surface area contributed by atoms with E-state index in [4.69, 9.17) is 4.42 Å². The fraction of sp³-hybridized carbons (Fsp3) is 0.533. The summed E-state index contributed by atoms with van der Waals surface area (Å²) in [5, 5.41) is 5.63. The van der Waals surface area contributed by atoms with Crippen molar-refractivity contribution < 1.29 is 9.21 Å². The van der Waals surface area contributed by atoms with Gasteiger partial charge in [-0.15, -0.1) is 5.10 Å². The second-order valence-electron chi connectivity index (χ2n) is 5.31. The molecule has 1 atom stereocenters. The van der Waals surface area contributed by atoms with Gasteiger partial charge in [0.25, 0.3) is 5.91 Å². The van der Waals surface area contributed by atoms with Crippen LogP contribution < -0.4 is 0 Å². The van der Waals surface area contributed by atoms with E-state index in [0.29, 0.717) is 5.69 Å². The minimum absolute atomic E-state index is 0.0157. The first-order valence-electron chi connectivity index (χ1n) is 7.46. The summed E-state index contributed by atoms with van der Waals surface area (Å²) >= 11 is 1.21. The fourth-order valence-corrected chi connectivity index (χ4v) is 3.25. The minimum Gasteiger partial charge on any atom is -0.464 e. The van der Waals surface area contributed by atoms with Gasteiger partial charge in [-0.25, -0.2) is 0 Å². The molecule has 1 aliphatic rings. The largest absolute Gasteiger partial charge is 0.464 e. The lowest BCUT2D eigenvalue weighted by Crippen LogP contribution is -2.34. The van der Waals surface area contributed by atoms with Crippen LogP contribution in [-0.2, 0) is 6.42 Å². The molecule has 6 heteroatoms. The predicted octanol–water partition coefficient (Wildman–Crippen LogP) is 3.45. The third-order valence-corrected chi connectivity index (χ3v) is 4.46. The molecule has 0 N–H and O–H groups in total. The van der Waals surface area contributed by atoms with Gasteiger partial charge in [-0.2, -0.15) is 0 Å². The quantitative estimate of drug-likeness (QED) is 0.871. The molecule has 2 aromatic rings. The molecule has 21 heavy (non-hydrogen) atoms. The molecule has 0 radical (unpaired) electrons. The van der Waals surface area contributed by atoms with Crippen LogP contribution in [0.1, 0.15) is 60.7 Å². The van der Waals surface area contributed by atoms with E-state index in [-0.39, 0.29) is 11.9 Å². The third-order valence-electron chi connectivity index (χ3n) is 3.95. The molecule has 3 heterocycles. The molecule has 5 nitrogen and oxygen atoms in total. The average Bonchev–Trinajstić information content (AvgIpc) is 3.14. The first-order chi connectivity index (χ1) is 10.3. The second kappa shape index (κ2) is 6.39. The van der Waals surface area contributed by atoms with E-state index in [1.165, 1.54) is 11.5 Å². The molecule has 1 saturated heterocycles. The van der Waals surface area contributed by atoms with E-state index in [1.54, 1.807) is 5.38 Å². The number of aryl methyl sites for hydroxylation is 1. The number of rotatable bonds is 3. The number of carbonyl (C=O) groups excluding carboxylic acids is 1. The Labute approximate surface area is 128 Å². The minimum atomic E-state index is -0.0369. The maximum atomic E-state index is 12.7. The molecule has 0 aromatic carbocycles. The van der Waals surface area contributed by atoms with Gasteiger partial charge in [0.1, 0.15) is 11.5 Å². The molecule has 1 aliphatic heterocycles. The molecule has 112 valence electrons. The van der Waals surface area contributed by atoms with Crippen molar-refractivity contribution in [3.63, 3.8) is 0 Å². The molecule has 0 spiro atoms. The summed E-state index contributed by atoms with van der Waals surface area (Å²) in [6, 6.07) is 4.03. The Morgan fingerprint density at radius 1 is 1.43 bits per heavy atom. The number of hydrogen-bond donors (Lipinski definition) is 0. The van der Waals surface area contributed by atoms with E-state index in [2.05, 4.69) is 16.5 Å². The zero-order valence-electron chi connectivity index (χ0n) is 12.1. The number of hydrogen-bond acceptors (Lipinski definition) is 5. The fourth-order valence-electron chi connectivity index (χ4n) is 2.82. The summed E-state index contributed by atoms with van der Waals surface area (Å²) in [5.74, 6) is 1.83. The predicted molar refractivity (Wildman–Crippen MR) is 80.2 cm³/mol. The van der Waals surface area contributed by atoms with Gasteiger partial charge in [0, 0.05) is 18.3 Å². The smallest absolute Gasteiger partial charge is 0.275 e. The normalized spacial score (nSPS) is 19.5. The van der Waals surface area contributed by atoms with Crippen LogP contribution in [0.4, 0.5) is 0 Å². The van der Waals surface area contributed by atoms with Crippen molar-refractivity contribution in [2.75, 3.05) is 6.54 Å². The Balaban J connectivity index is 1.88. The zero-order valence-corrected chi connectivity index (χ0v) is 12.9. The van der Waals surface area contributed by atoms with Crippen LogP contribution in [0.15, 0.2) is 21.9 Å². The Kier molecular flexibility index (Phi) is 4.34. The Bertz CT molecular complexity index is 594. The van der Waals surface area contributed by atoms with Gasteiger partial charge >= 0.3 is 0 Å². The average molecular weight is 305 g/mol. The number of carbonyl (C=O) groups is 1. The van der Waals surface area contributed by atoms with Crippen molar-refractivity contribution in [3.05, 3.63) is 34.7 Å². The lowest BCUT2D eigenvalue weighted by molar-refractivity contribution is 0.0651. The Morgan fingerprint density at radius 2 is 2.33 bits per heavy atom. The Hall–Kier alpha value is -1.69. The van der Waals surface area contributed by atoms with Crippen LogP contribution in [0.25, 0.3) is 0 Å². The summed E-state index contributed by atoms with van der Waals surface area (Å²) in [6.07, 6.45) is 5.11. The van der Waals surface area contributed by atoms with Crippen molar-refractivity contribution in [3.8, 4) is 0 Å². The molecule has 3 rings (SSSR count). The molecule has 1 unspecified atom stereocenters. The van der Waals surface area contributed by atoms with E-state index in [9.17, 15) is 4.79 Å². The van der Waals surface area contributed by atoms with E-state index in [1.807, 2.05) is 17.0 Å². The standard InChI is InChI=1S/C15H19N3O2S/c1-2-11-7-8-14(20-11)13-6-4-3-5-9-18(13)15(19)12-10-21-17-16-12/h7-8,10,13H,2-6,9H2,1H3. The van der Waals surface area contributed by atoms with Crippen molar-refractivity contribution in [1.29, 1.82) is 0 Å². The molecular weight excluding hydrogens is 286 g/mol. The number of likely N-dealkylation sites (tertiary alicyclic amines) is 1. The van der Waals surface area contributed by atoms with Crippen molar-refractivity contribution in [1.82, 2.24) is 14.5 Å². The van der Waals surface area contributed by atoms with Crippen molar-refractivity contribution in [2.24, 2.45) is 0 Å². The summed E-state index contributed by atoms with van der Waals surface area (Å²) in [7, 11) is 0. The summed E-state index contributed by atoms with van der Waals surface area (Å²) in [4.78, 5) is 14.6. The van der Waals surface area contributed by atoms with Gasteiger partial charge in [0.05, 0.1) is 6.04 Å². The molecule has 0 aliphatic carbocycles. The lowest BCUT2D eigenvalue weighted by atomic mass is 10.1. The van der Waals surface area contributed by atoms with Crippen LogP contribution in [0.5, 0.6) is 0 Å². The SMILES string of the molecule is CCc1ccc(C2CCCCCN2C(=O)c2csnn2)o1. The van der Waals surface area contributed by atoms with Gasteiger partial charge in [-0.05, 0) is 36.5 Å². The molecule has 1 fully saturated rings. The third kappa shape index (κ3) is 3.00. The van der Waals surface area contributed by atoms with E-state index < -0.39 is 0 Å². The highest BCUT2D eigenvalue weighted by Crippen LogP contribution is 2.32. The van der Waals surface area contributed by atoms with Crippen molar-refractivity contribution in [2.45, 2.75) is 45.1 Å². The molecular formula is C15H19N3O2S. The van der Waals surface area contributed by atoms with Gasteiger partial charge in [-0.3, -0.25) is 4.79 Å². The highest BCUT2D eigenvalue weighted by atomic mass is 32.1. The molecule has 0 saturated carbocycles. The van der Waals surface area contributed by atoms with Crippen LogP contribution in [-0.4, -0.2) is 26.9 Å². The monoisotopic (exact) mass is 305 g/mol. The van der Waals surface area contributed by atoms with Gasteiger partial charge in [0.15, 0.2) is 5.69 Å². The van der Waals surface area contributed by atoms with Crippen LogP contribution >= 0.6 is 11.5 Å². The summed E-state index contributed by atoms with van der Waals surface area (Å²) in [6.45, 7) is 2.82. The maximum Gasteiger partial charge on any atom is 0.275 e. The lowest BCUT2D eigenvalue weighted by Gasteiger charge is -2.27. The van der Waals surface area contributed by atoms with Gasteiger partial charge in [-0.1, -0.05) is 24.3 Å². The first kappa shape index (κ1) is 14.3. The summed E-state index contributed by atoms with van der Waals surface area (Å²) in [5.41, 5.74) is 0.439. The van der Waals surface area contributed by atoms with Crippen molar-refractivity contribution >= 4 is 17.4 Å².